The highest BCUT2D eigenvalue weighted by Crippen LogP contribution is 2.60. The number of amides is 3. The zero-order chi connectivity index (χ0) is 40.5. The number of benzene rings is 5. The maximum Gasteiger partial charge on any atom is 0.266 e. The molecular weight excluding hydrogens is 770 g/mol. The number of para-hydroxylation sites is 3. The Morgan fingerprint density at radius 3 is 2.38 bits per heavy atom. The number of rotatable bonds is 7. The van der Waals surface area contributed by atoms with Crippen molar-refractivity contribution in [1.29, 1.82) is 0 Å². The van der Waals surface area contributed by atoms with E-state index in [1.54, 1.807) is 45.0 Å². The fraction of sp³-hybridized carbons (Fsp3) is 0.283. The summed E-state index contributed by atoms with van der Waals surface area (Å²) in [6.45, 7) is 5.91. The number of carbonyl (C=O) groups excluding carboxylic acids is 3. The van der Waals surface area contributed by atoms with Crippen LogP contribution in [0, 0.1) is 5.92 Å². The highest BCUT2D eigenvalue weighted by Gasteiger charge is 2.66. The maximum atomic E-state index is 15.2. The molecule has 58 heavy (non-hydrogen) atoms. The Hall–Kier alpha value is -5.30. The largest absolute Gasteiger partial charge is 0.454 e. The predicted molar refractivity (Wildman–Crippen MR) is 224 cm³/mol. The number of fused-ring (bicyclic) bond motifs is 5. The van der Waals surface area contributed by atoms with Crippen LogP contribution >= 0.6 is 11.6 Å². The quantitative estimate of drug-likeness (QED) is 0.160. The first kappa shape index (κ1) is 38.2. The first-order chi connectivity index (χ1) is 27.9. The summed E-state index contributed by atoms with van der Waals surface area (Å²) in [6.07, 6.45) is -0.298. The number of hydrogen-bond acceptors (Lipinski definition) is 7. The second-order valence-corrected chi connectivity index (χ2v) is 20.7. The van der Waals surface area contributed by atoms with Gasteiger partial charge in [-0.15, -0.1) is 0 Å². The monoisotopic (exact) mass is 813 g/mol. The summed E-state index contributed by atoms with van der Waals surface area (Å²) >= 11 is 6.66. The van der Waals surface area contributed by atoms with Crippen molar-refractivity contribution in [2.75, 3.05) is 16.4 Å². The summed E-state index contributed by atoms with van der Waals surface area (Å²) < 4.78 is 13.2. The summed E-state index contributed by atoms with van der Waals surface area (Å²) in [7, 11) is -3.09. The van der Waals surface area contributed by atoms with Gasteiger partial charge in [-0.25, -0.2) is 0 Å². The molecule has 2 N–H and O–H groups in total. The highest BCUT2D eigenvalue weighted by atomic mass is 35.5. The molecule has 0 aliphatic carbocycles. The van der Waals surface area contributed by atoms with E-state index in [0.29, 0.717) is 57.7 Å². The zero-order valence-corrected chi connectivity index (χ0v) is 34.2. The van der Waals surface area contributed by atoms with Gasteiger partial charge in [0.2, 0.25) is 5.91 Å². The fourth-order valence-electron chi connectivity index (χ4n) is 9.78. The molecule has 0 unspecified atom stereocenters. The third-order valence-electron chi connectivity index (χ3n) is 12.4. The summed E-state index contributed by atoms with van der Waals surface area (Å²) in [5, 5.41) is 10.8. The van der Waals surface area contributed by atoms with Crippen molar-refractivity contribution in [3.8, 4) is 11.5 Å². The Labute approximate surface area is 343 Å². The Balaban J connectivity index is 1.05. The maximum absolute atomic E-state index is 15.2. The molecule has 5 aromatic carbocycles. The summed E-state index contributed by atoms with van der Waals surface area (Å²) in [5.74, 6) is -0.261. The van der Waals surface area contributed by atoms with Crippen LogP contribution < -0.4 is 14.5 Å². The van der Waals surface area contributed by atoms with Crippen molar-refractivity contribution in [2.45, 2.75) is 69.2 Å². The van der Waals surface area contributed by atoms with Crippen LogP contribution in [0.25, 0.3) is 0 Å². The van der Waals surface area contributed by atoms with Gasteiger partial charge >= 0.3 is 0 Å². The number of ether oxygens (including phenoxy) is 2. The molecule has 1 spiro atoms. The van der Waals surface area contributed by atoms with Crippen LogP contribution in [0.1, 0.15) is 46.0 Å². The van der Waals surface area contributed by atoms with Crippen molar-refractivity contribution >= 4 is 54.7 Å². The van der Waals surface area contributed by atoms with Gasteiger partial charge in [0.25, 0.3) is 11.8 Å². The van der Waals surface area contributed by atoms with E-state index in [-0.39, 0.29) is 37.3 Å². The molecule has 1 fully saturated rings. The van der Waals surface area contributed by atoms with Gasteiger partial charge in [0.1, 0.15) is 5.75 Å². The summed E-state index contributed by atoms with van der Waals surface area (Å²) in [4.78, 5) is 60.6. The lowest BCUT2D eigenvalue weighted by atomic mass is 9.82. The number of aliphatic hydroxyl groups excluding tert-OH is 1. The topological polar surface area (TPSA) is 120 Å². The van der Waals surface area contributed by atoms with Crippen molar-refractivity contribution in [3.05, 3.63) is 148 Å². The number of anilines is 3. The van der Waals surface area contributed by atoms with Crippen molar-refractivity contribution < 1.29 is 33.8 Å². The van der Waals surface area contributed by atoms with Crippen LogP contribution in [-0.2, 0) is 39.4 Å². The van der Waals surface area contributed by atoms with Gasteiger partial charge in [-0.2, -0.15) is 0 Å². The van der Waals surface area contributed by atoms with Crippen molar-refractivity contribution in [1.82, 2.24) is 4.90 Å². The van der Waals surface area contributed by atoms with E-state index in [9.17, 15) is 19.5 Å². The molecule has 10 nitrogen and oxygen atoms in total. The molecule has 0 bridgehead atoms. The minimum Gasteiger partial charge on any atom is -0.454 e. The Kier molecular flexibility index (Phi) is 9.56. The van der Waals surface area contributed by atoms with E-state index < -0.39 is 37.5 Å². The number of carbonyl (C=O) groups is 3. The molecule has 0 aromatic heterocycles. The number of hydrogen-bond donors (Lipinski definition) is 2. The van der Waals surface area contributed by atoms with Crippen LogP contribution in [0.5, 0.6) is 11.5 Å². The third-order valence-corrected chi connectivity index (χ3v) is 15.1. The molecule has 4 aliphatic heterocycles. The molecule has 5 aromatic rings. The van der Waals surface area contributed by atoms with Crippen LogP contribution in [0.15, 0.2) is 115 Å². The normalized spacial score (nSPS) is 23.6. The molecule has 1 saturated heterocycles. The molecule has 0 radical (unpaired) electrons. The van der Waals surface area contributed by atoms with Gasteiger partial charge in [0, 0.05) is 34.3 Å². The summed E-state index contributed by atoms with van der Waals surface area (Å²) in [6, 6.07) is 34.9. The fourth-order valence-corrected chi connectivity index (χ4v) is 12.5. The van der Waals surface area contributed by atoms with Gasteiger partial charge in [-0.05, 0) is 90.8 Å². The zero-order valence-electron chi connectivity index (χ0n) is 32.5. The summed E-state index contributed by atoms with van der Waals surface area (Å²) in [5.41, 5.74) is 3.73. The Morgan fingerprint density at radius 2 is 1.60 bits per heavy atom. The number of halogens is 1. The van der Waals surface area contributed by atoms with Crippen molar-refractivity contribution in [3.63, 3.8) is 0 Å². The number of aliphatic hydroxyl groups is 1. The number of nitrogens with zero attached hydrogens (tertiary/aromatic N) is 3. The standard InChI is InChI=1S/C46H44ClN3O7Si/c1-28-43(58(2,3)55)41(24-42(52)48-26-31-13-5-4-12-30(31)22-34(48)27-51)57-46(28)36-23-32(47)19-20-37(36)49(45(46)54)25-29-11-10-14-33(21-29)50-38-16-7-9-18-40(38)56-39-17-8-6-15-35(39)44(50)53/h4-21,23,28,34,41,43,51,55H,22,24-27H2,1-3H3/t28-,34+,41+,43-,46+/m1/s1. The minimum atomic E-state index is -3.09. The average Bonchev–Trinajstić information content (AvgIpc) is 3.58. The second-order valence-electron chi connectivity index (χ2n) is 16.3. The molecular formula is C46H44ClN3O7Si. The molecule has 4 heterocycles. The molecule has 296 valence electrons. The molecule has 9 rings (SSSR count). The van der Waals surface area contributed by atoms with E-state index >= 15 is 4.79 Å². The van der Waals surface area contributed by atoms with Gasteiger partial charge in [0.15, 0.2) is 19.7 Å². The Bertz CT molecular complexity index is 2470. The first-order valence-corrected chi connectivity index (χ1v) is 23.1. The van der Waals surface area contributed by atoms with Gasteiger partial charge < -0.3 is 29.2 Å². The third kappa shape index (κ3) is 6.24. The van der Waals surface area contributed by atoms with Crippen LogP contribution in [-0.4, -0.2) is 59.6 Å². The Morgan fingerprint density at radius 1 is 0.879 bits per heavy atom. The molecule has 4 aliphatic rings. The molecule has 0 saturated carbocycles. The average molecular weight is 814 g/mol. The van der Waals surface area contributed by atoms with E-state index in [1.165, 1.54) is 0 Å². The molecule has 5 atom stereocenters. The lowest BCUT2D eigenvalue weighted by Crippen LogP contribution is -2.48. The smallest absolute Gasteiger partial charge is 0.266 e. The van der Waals surface area contributed by atoms with Gasteiger partial charge in [-0.3, -0.25) is 19.3 Å². The molecule has 3 amide bonds. The predicted octanol–water partition coefficient (Wildman–Crippen LogP) is 8.10. The highest BCUT2D eigenvalue weighted by molar-refractivity contribution is 6.71. The minimum absolute atomic E-state index is 0.0597. The van der Waals surface area contributed by atoms with Crippen LogP contribution in [0.4, 0.5) is 17.1 Å². The van der Waals surface area contributed by atoms with E-state index in [1.807, 2.05) is 105 Å². The van der Waals surface area contributed by atoms with E-state index in [2.05, 4.69) is 0 Å². The van der Waals surface area contributed by atoms with Gasteiger partial charge in [-0.1, -0.05) is 79.2 Å². The second kappa shape index (κ2) is 14.5. The van der Waals surface area contributed by atoms with Crippen LogP contribution in [0.2, 0.25) is 23.7 Å². The van der Waals surface area contributed by atoms with E-state index in [4.69, 9.17) is 21.1 Å². The first-order valence-electron chi connectivity index (χ1n) is 19.7. The van der Waals surface area contributed by atoms with Crippen LogP contribution in [0.3, 0.4) is 0 Å². The lowest BCUT2D eigenvalue weighted by Gasteiger charge is -2.37. The SMILES string of the molecule is C[C@@H]1[C@@H]([Si](C)(C)O)[C@H](CC(=O)N2Cc3ccccc3C[C@H]2CO)O[C@@]12C(=O)N(Cc1cccc(N3C(=O)c4ccccc4Oc4ccccc43)c1)c1ccc(Cl)cc12. The lowest BCUT2D eigenvalue weighted by molar-refractivity contribution is -0.151. The van der Waals surface area contributed by atoms with Crippen molar-refractivity contribution in [2.24, 2.45) is 5.92 Å². The van der Waals surface area contributed by atoms with E-state index in [0.717, 1.165) is 16.7 Å². The van der Waals surface area contributed by atoms with Gasteiger partial charge in [0.05, 0.1) is 48.7 Å². The molecule has 12 heteroatoms.